The molecule has 144 valence electrons. The number of nitrogens with zero attached hydrogens (tertiary/aromatic N) is 1. The predicted molar refractivity (Wildman–Crippen MR) is 121 cm³/mol. The van der Waals surface area contributed by atoms with Gasteiger partial charge < -0.3 is 10.2 Å². The molecule has 5 rings (SSSR count). The van der Waals surface area contributed by atoms with Gasteiger partial charge in [-0.25, -0.2) is 0 Å². The fourth-order valence-electron chi connectivity index (χ4n) is 4.15. The lowest BCUT2D eigenvalue weighted by molar-refractivity contribution is 0.0951. The van der Waals surface area contributed by atoms with Crippen LogP contribution in [-0.4, -0.2) is 19.0 Å². The maximum absolute atomic E-state index is 12.9. The quantitative estimate of drug-likeness (QED) is 0.486. The molecule has 0 saturated carbocycles. The van der Waals surface area contributed by atoms with E-state index in [1.165, 1.54) is 16.1 Å². The van der Waals surface area contributed by atoms with Crippen molar-refractivity contribution in [2.24, 2.45) is 0 Å². The van der Waals surface area contributed by atoms with Crippen LogP contribution in [0, 0.1) is 0 Å². The van der Waals surface area contributed by atoms with Gasteiger partial charge in [-0.2, -0.15) is 0 Å². The number of carbonyl (C=O) groups is 1. The number of para-hydroxylation sites is 1. The number of amides is 1. The van der Waals surface area contributed by atoms with Crippen molar-refractivity contribution in [2.45, 2.75) is 12.5 Å². The Kier molecular flexibility index (Phi) is 4.78. The van der Waals surface area contributed by atoms with Crippen LogP contribution in [0.5, 0.6) is 0 Å². The first-order valence-corrected chi connectivity index (χ1v) is 10.8. The average molecular weight is 399 g/mol. The standard InChI is InChI=1S/C25H22N2OS/c28-25(21-12-11-18-6-1-2-8-20(18)16-21)26-17-23(24-10-5-15-29-24)27-14-13-19-7-3-4-9-22(19)27/h1-12,15-16,23H,13-14,17H2,(H,26,28)/t23-/m0/s1. The maximum atomic E-state index is 12.9. The van der Waals surface area contributed by atoms with Crippen molar-refractivity contribution in [3.8, 4) is 0 Å². The van der Waals surface area contributed by atoms with Gasteiger partial charge >= 0.3 is 0 Å². The molecule has 2 heterocycles. The molecule has 4 heteroatoms. The number of anilines is 1. The van der Waals surface area contributed by atoms with Gasteiger partial charge in [-0.3, -0.25) is 4.79 Å². The van der Waals surface area contributed by atoms with Crippen LogP contribution < -0.4 is 10.2 Å². The zero-order valence-corrected chi connectivity index (χ0v) is 16.9. The summed E-state index contributed by atoms with van der Waals surface area (Å²) in [5.74, 6) is -0.0233. The van der Waals surface area contributed by atoms with Gasteiger partial charge in [0.15, 0.2) is 0 Å². The van der Waals surface area contributed by atoms with Gasteiger partial charge in [0.25, 0.3) is 5.91 Å². The number of hydrogen-bond acceptors (Lipinski definition) is 3. The number of benzene rings is 3. The first-order valence-electron chi connectivity index (χ1n) is 9.94. The van der Waals surface area contributed by atoms with E-state index in [4.69, 9.17) is 0 Å². The molecule has 29 heavy (non-hydrogen) atoms. The molecule has 0 saturated heterocycles. The Balaban J connectivity index is 1.38. The largest absolute Gasteiger partial charge is 0.361 e. The van der Waals surface area contributed by atoms with Crippen molar-refractivity contribution in [2.75, 3.05) is 18.0 Å². The number of fused-ring (bicyclic) bond motifs is 2. The molecule has 1 aliphatic rings. The minimum atomic E-state index is -0.0233. The summed E-state index contributed by atoms with van der Waals surface area (Å²) in [5.41, 5.74) is 3.37. The minimum absolute atomic E-state index is 0.0233. The van der Waals surface area contributed by atoms with Gasteiger partial charge in [-0.05, 0) is 52.4 Å². The first-order chi connectivity index (χ1) is 14.3. The van der Waals surface area contributed by atoms with Gasteiger partial charge in [-0.15, -0.1) is 11.3 Å². The normalized spacial score (nSPS) is 14.0. The summed E-state index contributed by atoms with van der Waals surface area (Å²) in [4.78, 5) is 16.6. The van der Waals surface area contributed by atoms with E-state index in [1.807, 2.05) is 36.4 Å². The van der Waals surface area contributed by atoms with E-state index in [2.05, 4.69) is 58.1 Å². The van der Waals surface area contributed by atoms with Crippen molar-refractivity contribution in [3.05, 3.63) is 100 Å². The molecule has 0 bridgehead atoms. The highest BCUT2D eigenvalue weighted by Crippen LogP contribution is 2.36. The predicted octanol–water partition coefficient (Wildman–Crippen LogP) is 5.44. The van der Waals surface area contributed by atoms with Crippen LogP contribution in [0.3, 0.4) is 0 Å². The number of rotatable bonds is 5. The molecule has 0 spiro atoms. The van der Waals surface area contributed by atoms with Crippen LogP contribution in [0.1, 0.15) is 26.8 Å². The van der Waals surface area contributed by atoms with Crippen LogP contribution in [0.4, 0.5) is 5.69 Å². The van der Waals surface area contributed by atoms with Crippen LogP contribution in [0.25, 0.3) is 10.8 Å². The van der Waals surface area contributed by atoms with E-state index in [9.17, 15) is 4.79 Å². The van der Waals surface area contributed by atoms with Crippen LogP contribution in [0.2, 0.25) is 0 Å². The number of hydrogen-bond donors (Lipinski definition) is 1. The lowest BCUT2D eigenvalue weighted by atomic mass is 10.1. The van der Waals surface area contributed by atoms with Crippen LogP contribution in [0.15, 0.2) is 84.2 Å². The molecule has 1 atom stereocenters. The zero-order chi connectivity index (χ0) is 19.6. The smallest absolute Gasteiger partial charge is 0.251 e. The van der Waals surface area contributed by atoms with Crippen molar-refractivity contribution >= 4 is 33.7 Å². The SMILES string of the molecule is O=C(NC[C@@H](c1cccs1)N1CCc2ccccc21)c1ccc2ccccc2c1. The summed E-state index contributed by atoms with van der Waals surface area (Å²) < 4.78 is 0. The van der Waals surface area contributed by atoms with Crippen molar-refractivity contribution in [1.82, 2.24) is 5.32 Å². The molecule has 1 amide bonds. The summed E-state index contributed by atoms with van der Waals surface area (Å²) in [7, 11) is 0. The Morgan fingerprint density at radius 2 is 1.79 bits per heavy atom. The second-order valence-electron chi connectivity index (χ2n) is 7.38. The molecular formula is C25H22N2OS. The van der Waals surface area contributed by atoms with Gasteiger partial charge in [0.05, 0.1) is 6.04 Å². The van der Waals surface area contributed by atoms with Gasteiger partial charge in [-0.1, -0.05) is 54.6 Å². The molecule has 1 N–H and O–H groups in total. The Bertz CT molecular complexity index is 1150. The van der Waals surface area contributed by atoms with Gasteiger partial charge in [0.1, 0.15) is 0 Å². The highest BCUT2D eigenvalue weighted by molar-refractivity contribution is 7.10. The molecule has 1 aliphatic heterocycles. The molecule has 0 radical (unpaired) electrons. The van der Waals surface area contributed by atoms with Crippen molar-refractivity contribution in [3.63, 3.8) is 0 Å². The molecular weight excluding hydrogens is 376 g/mol. The van der Waals surface area contributed by atoms with Gasteiger partial charge in [0, 0.05) is 29.2 Å². The molecule has 1 aromatic heterocycles. The molecule has 3 nitrogen and oxygen atoms in total. The fourth-order valence-corrected chi connectivity index (χ4v) is 4.99. The van der Waals surface area contributed by atoms with E-state index in [1.54, 1.807) is 11.3 Å². The number of thiophene rings is 1. The highest BCUT2D eigenvalue weighted by atomic mass is 32.1. The molecule has 0 fully saturated rings. The Hall–Kier alpha value is -3.11. The van der Waals surface area contributed by atoms with E-state index >= 15 is 0 Å². The zero-order valence-electron chi connectivity index (χ0n) is 16.0. The molecule has 3 aromatic carbocycles. The average Bonchev–Trinajstić information content (AvgIpc) is 3.44. The Labute approximate surface area is 174 Å². The molecule has 4 aromatic rings. The summed E-state index contributed by atoms with van der Waals surface area (Å²) in [6, 6.07) is 27.0. The first kappa shape index (κ1) is 18.0. The third-order valence-corrected chi connectivity index (χ3v) is 6.61. The number of carbonyl (C=O) groups excluding carboxylic acids is 1. The maximum Gasteiger partial charge on any atom is 0.251 e. The lowest BCUT2D eigenvalue weighted by Gasteiger charge is -2.30. The van der Waals surface area contributed by atoms with E-state index in [0.717, 1.165) is 23.7 Å². The monoisotopic (exact) mass is 398 g/mol. The molecule has 0 unspecified atom stereocenters. The lowest BCUT2D eigenvalue weighted by Crippen LogP contribution is -2.37. The van der Waals surface area contributed by atoms with Gasteiger partial charge in [0.2, 0.25) is 0 Å². The topological polar surface area (TPSA) is 32.3 Å². The third kappa shape index (κ3) is 3.52. The minimum Gasteiger partial charge on any atom is -0.361 e. The third-order valence-electron chi connectivity index (χ3n) is 5.64. The van der Waals surface area contributed by atoms with E-state index in [-0.39, 0.29) is 11.9 Å². The Morgan fingerprint density at radius 1 is 0.966 bits per heavy atom. The summed E-state index contributed by atoms with van der Waals surface area (Å²) in [6.07, 6.45) is 1.05. The fraction of sp³-hybridized carbons (Fsp3) is 0.160. The summed E-state index contributed by atoms with van der Waals surface area (Å²) >= 11 is 1.75. The second kappa shape index (κ2) is 7.72. The number of nitrogens with one attached hydrogen (secondary N) is 1. The van der Waals surface area contributed by atoms with E-state index < -0.39 is 0 Å². The van der Waals surface area contributed by atoms with E-state index in [0.29, 0.717) is 12.1 Å². The van der Waals surface area contributed by atoms with Crippen LogP contribution >= 0.6 is 11.3 Å². The molecule has 0 aliphatic carbocycles. The highest BCUT2D eigenvalue weighted by Gasteiger charge is 2.28. The second-order valence-corrected chi connectivity index (χ2v) is 8.35. The summed E-state index contributed by atoms with van der Waals surface area (Å²) in [6.45, 7) is 1.56. The Morgan fingerprint density at radius 3 is 2.66 bits per heavy atom. The van der Waals surface area contributed by atoms with Crippen molar-refractivity contribution < 1.29 is 4.79 Å². The van der Waals surface area contributed by atoms with Crippen molar-refractivity contribution in [1.29, 1.82) is 0 Å². The summed E-state index contributed by atoms with van der Waals surface area (Å²) in [5, 5.41) is 7.53. The van der Waals surface area contributed by atoms with Crippen LogP contribution in [-0.2, 0) is 6.42 Å².